The third-order valence-corrected chi connectivity index (χ3v) is 2.30. The van der Waals surface area contributed by atoms with E-state index in [2.05, 4.69) is 10.3 Å². The summed E-state index contributed by atoms with van der Waals surface area (Å²) in [5, 5.41) is 16.7. The normalized spacial score (nSPS) is 12.8. The predicted molar refractivity (Wildman–Crippen MR) is 51.2 cm³/mol. The minimum Gasteiger partial charge on any atom is -0.394 e. The molecule has 0 aliphatic carbocycles. The molecule has 1 aromatic heterocycles. The topological polar surface area (TPSA) is 68.0 Å². The summed E-state index contributed by atoms with van der Waals surface area (Å²) in [7, 11) is 0. The maximum atomic E-state index is 10.6. The summed E-state index contributed by atoms with van der Waals surface area (Å²) in [5.41, 5.74) is 1.17. The Morgan fingerprint density at radius 2 is 2.29 bits per heavy atom. The van der Waals surface area contributed by atoms with E-state index >= 15 is 0 Å². The molecule has 1 atom stereocenters. The molecule has 1 unspecified atom stereocenters. The Labute approximate surface area is 82.7 Å². The zero-order valence-electron chi connectivity index (χ0n) is 8.47. The first kappa shape index (κ1) is 10.8. The highest BCUT2D eigenvalue weighted by Crippen LogP contribution is 2.14. The van der Waals surface area contributed by atoms with Gasteiger partial charge in [0.05, 0.1) is 18.3 Å². The van der Waals surface area contributed by atoms with Crippen molar-refractivity contribution in [3.63, 3.8) is 0 Å². The van der Waals surface area contributed by atoms with Crippen LogP contribution < -0.4 is 0 Å². The molecule has 0 aliphatic rings. The number of rotatable bonds is 5. The van der Waals surface area contributed by atoms with Crippen LogP contribution in [0, 0.1) is 0 Å². The van der Waals surface area contributed by atoms with E-state index in [1.54, 1.807) is 4.68 Å². The average Bonchev–Trinajstić information content (AvgIpc) is 2.62. The summed E-state index contributed by atoms with van der Waals surface area (Å²) < 4.78 is 1.64. The highest BCUT2D eigenvalue weighted by molar-refractivity contribution is 5.73. The Morgan fingerprint density at radius 3 is 2.71 bits per heavy atom. The Kier molecular flexibility index (Phi) is 3.76. The minimum atomic E-state index is -0.0776. The van der Waals surface area contributed by atoms with Crippen LogP contribution in [0.4, 0.5) is 0 Å². The second-order valence-corrected chi connectivity index (χ2v) is 3.08. The molecule has 1 N–H and O–H groups in total. The standard InChI is InChI=1S/C9H15N3O2/c1-3-7(5-13)12-9(4-2)8(6-14)10-11-12/h6-7,13H,3-5H2,1-2H3. The average molecular weight is 197 g/mol. The molecule has 0 aliphatic heterocycles. The number of aldehydes is 1. The van der Waals surface area contributed by atoms with Gasteiger partial charge in [0.25, 0.3) is 0 Å². The maximum Gasteiger partial charge on any atom is 0.172 e. The van der Waals surface area contributed by atoms with Gasteiger partial charge in [-0.15, -0.1) is 5.10 Å². The number of aliphatic hydroxyl groups excluding tert-OH is 1. The number of aromatic nitrogens is 3. The molecule has 0 fully saturated rings. The van der Waals surface area contributed by atoms with Gasteiger partial charge in [-0.05, 0) is 12.8 Å². The molecule has 0 aromatic carbocycles. The summed E-state index contributed by atoms with van der Waals surface area (Å²) in [5.74, 6) is 0. The van der Waals surface area contributed by atoms with Gasteiger partial charge in [0.2, 0.25) is 0 Å². The third kappa shape index (κ3) is 1.82. The van der Waals surface area contributed by atoms with Crippen LogP contribution >= 0.6 is 0 Å². The van der Waals surface area contributed by atoms with E-state index in [1.807, 2.05) is 13.8 Å². The van der Waals surface area contributed by atoms with Gasteiger partial charge in [0.1, 0.15) is 5.69 Å². The number of hydrogen-bond acceptors (Lipinski definition) is 4. The van der Waals surface area contributed by atoms with E-state index in [0.717, 1.165) is 12.1 Å². The highest BCUT2D eigenvalue weighted by atomic mass is 16.3. The van der Waals surface area contributed by atoms with Crippen LogP contribution in [-0.4, -0.2) is 33.0 Å². The van der Waals surface area contributed by atoms with Crippen molar-refractivity contribution in [3.05, 3.63) is 11.4 Å². The first-order valence-corrected chi connectivity index (χ1v) is 4.78. The molecule has 5 nitrogen and oxygen atoms in total. The molecular formula is C9H15N3O2. The molecule has 1 rings (SSSR count). The molecule has 5 heteroatoms. The fraction of sp³-hybridized carbons (Fsp3) is 0.667. The van der Waals surface area contributed by atoms with Crippen LogP contribution in [0.15, 0.2) is 0 Å². The van der Waals surface area contributed by atoms with Gasteiger partial charge < -0.3 is 5.11 Å². The number of nitrogens with zero attached hydrogens (tertiary/aromatic N) is 3. The lowest BCUT2D eigenvalue weighted by molar-refractivity contribution is 0.111. The van der Waals surface area contributed by atoms with Crippen LogP contribution in [0.5, 0.6) is 0 Å². The quantitative estimate of drug-likeness (QED) is 0.702. The Hall–Kier alpha value is -1.23. The van der Waals surface area contributed by atoms with E-state index < -0.39 is 0 Å². The van der Waals surface area contributed by atoms with Gasteiger partial charge in [-0.25, -0.2) is 4.68 Å². The van der Waals surface area contributed by atoms with E-state index in [4.69, 9.17) is 5.11 Å². The van der Waals surface area contributed by atoms with Crippen molar-refractivity contribution < 1.29 is 9.90 Å². The molecule has 1 aromatic rings. The number of carbonyl (C=O) groups excluding carboxylic acids is 1. The fourth-order valence-corrected chi connectivity index (χ4v) is 1.43. The molecule has 0 saturated carbocycles. The molecule has 0 spiro atoms. The van der Waals surface area contributed by atoms with Gasteiger partial charge in [-0.1, -0.05) is 19.1 Å². The zero-order valence-corrected chi connectivity index (χ0v) is 8.47. The largest absolute Gasteiger partial charge is 0.394 e. The number of carbonyl (C=O) groups is 1. The van der Waals surface area contributed by atoms with Gasteiger partial charge in [0.15, 0.2) is 6.29 Å². The lowest BCUT2D eigenvalue weighted by Gasteiger charge is -2.13. The van der Waals surface area contributed by atoms with Crippen molar-refractivity contribution in [1.82, 2.24) is 15.0 Å². The molecular weight excluding hydrogens is 182 g/mol. The van der Waals surface area contributed by atoms with Crippen LogP contribution in [0.25, 0.3) is 0 Å². The van der Waals surface area contributed by atoms with Crippen LogP contribution in [0.1, 0.15) is 42.5 Å². The third-order valence-electron chi connectivity index (χ3n) is 2.30. The Bertz CT molecular complexity index is 305. The Morgan fingerprint density at radius 1 is 1.57 bits per heavy atom. The van der Waals surface area contributed by atoms with Crippen molar-refractivity contribution >= 4 is 6.29 Å². The summed E-state index contributed by atoms with van der Waals surface area (Å²) in [6, 6.07) is -0.0776. The summed E-state index contributed by atoms with van der Waals surface area (Å²) in [6.45, 7) is 3.92. The van der Waals surface area contributed by atoms with Crippen LogP contribution in [0.2, 0.25) is 0 Å². The summed E-state index contributed by atoms with van der Waals surface area (Å²) >= 11 is 0. The summed E-state index contributed by atoms with van der Waals surface area (Å²) in [4.78, 5) is 10.6. The predicted octanol–water partition coefficient (Wildman–Crippen LogP) is 0.596. The van der Waals surface area contributed by atoms with Gasteiger partial charge in [0, 0.05) is 0 Å². The molecule has 1 heterocycles. The molecule has 78 valence electrons. The first-order chi connectivity index (χ1) is 6.78. The molecule has 0 saturated heterocycles. The second kappa shape index (κ2) is 4.85. The van der Waals surface area contributed by atoms with Crippen molar-refractivity contribution in [2.75, 3.05) is 6.61 Å². The lowest BCUT2D eigenvalue weighted by Crippen LogP contribution is -2.16. The van der Waals surface area contributed by atoms with Gasteiger partial charge in [-0.3, -0.25) is 4.79 Å². The monoisotopic (exact) mass is 197 g/mol. The molecule has 0 amide bonds. The van der Waals surface area contributed by atoms with Crippen LogP contribution in [-0.2, 0) is 6.42 Å². The smallest absolute Gasteiger partial charge is 0.172 e. The van der Waals surface area contributed by atoms with Crippen molar-refractivity contribution in [3.8, 4) is 0 Å². The molecule has 0 radical (unpaired) electrons. The summed E-state index contributed by atoms with van der Waals surface area (Å²) in [6.07, 6.45) is 2.16. The van der Waals surface area contributed by atoms with Gasteiger partial charge >= 0.3 is 0 Å². The SMILES string of the molecule is CCc1c(C=O)nnn1C(CC)CO. The van der Waals surface area contributed by atoms with Gasteiger partial charge in [-0.2, -0.15) is 0 Å². The fourth-order valence-electron chi connectivity index (χ4n) is 1.43. The lowest BCUT2D eigenvalue weighted by atomic mass is 10.2. The van der Waals surface area contributed by atoms with E-state index in [9.17, 15) is 4.79 Å². The van der Waals surface area contributed by atoms with Crippen molar-refractivity contribution in [2.24, 2.45) is 0 Å². The molecule has 14 heavy (non-hydrogen) atoms. The van der Waals surface area contributed by atoms with Crippen LogP contribution in [0.3, 0.4) is 0 Å². The van der Waals surface area contributed by atoms with E-state index in [0.29, 0.717) is 18.4 Å². The second-order valence-electron chi connectivity index (χ2n) is 3.08. The van der Waals surface area contributed by atoms with Crippen molar-refractivity contribution in [1.29, 1.82) is 0 Å². The van der Waals surface area contributed by atoms with E-state index in [-0.39, 0.29) is 12.6 Å². The number of hydrogen-bond donors (Lipinski definition) is 1. The van der Waals surface area contributed by atoms with Crippen molar-refractivity contribution in [2.45, 2.75) is 32.7 Å². The highest BCUT2D eigenvalue weighted by Gasteiger charge is 2.16. The first-order valence-electron chi connectivity index (χ1n) is 4.78. The molecule has 0 bridgehead atoms. The minimum absolute atomic E-state index is 0.0190. The van der Waals surface area contributed by atoms with E-state index in [1.165, 1.54) is 0 Å². The number of aliphatic hydroxyl groups is 1. The zero-order chi connectivity index (χ0) is 10.6. The maximum absolute atomic E-state index is 10.6. The Balaban J connectivity index is 3.06.